The van der Waals surface area contributed by atoms with Gasteiger partial charge in [0.2, 0.25) is 11.8 Å². The third-order valence-electron chi connectivity index (χ3n) is 5.61. The summed E-state index contributed by atoms with van der Waals surface area (Å²) in [5, 5.41) is 3.98. The number of rotatable bonds is 13. The minimum atomic E-state index is -0.601. The Labute approximate surface area is 212 Å². The monoisotopic (exact) mass is 508 g/mol. The molecule has 0 spiro atoms. The molecule has 2 aromatic rings. The van der Waals surface area contributed by atoms with Crippen LogP contribution in [0, 0.1) is 0 Å². The zero-order chi connectivity index (χ0) is 25.1. The molecule has 2 amide bonds. The number of methoxy groups -OCH3 is 1. The third kappa shape index (κ3) is 8.41. The highest BCUT2D eigenvalue weighted by Crippen LogP contribution is 2.24. The number of hydrogen-bond donors (Lipinski definition) is 1. The molecule has 0 radical (unpaired) electrons. The van der Waals surface area contributed by atoms with Crippen molar-refractivity contribution in [3.8, 4) is 11.5 Å². The molecule has 34 heavy (non-hydrogen) atoms. The lowest BCUT2D eigenvalue weighted by molar-refractivity contribution is -0.141. The first-order valence-electron chi connectivity index (χ1n) is 11.6. The van der Waals surface area contributed by atoms with Gasteiger partial charge in [0, 0.05) is 29.1 Å². The van der Waals surface area contributed by atoms with Crippen LogP contribution in [-0.2, 0) is 16.1 Å². The quantitative estimate of drug-likeness (QED) is 0.343. The van der Waals surface area contributed by atoms with Crippen LogP contribution in [0.4, 0.5) is 0 Å². The van der Waals surface area contributed by atoms with Crippen LogP contribution in [0.1, 0.15) is 52.0 Å². The molecule has 1 N–H and O–H groups in total. The molecule has 0 heterocycles. The Kier molecular flexibility index (Phi) is 11.5. The van der Waals surface area contributed by atoms with E-state index >= 15 is 0 Å². The number of amides is 2. The third-order valence-corrected chi connectivity index (χ3v) is 6.19. The smallest absolute Gasteiger partial charge is 0.243 e. The van der Waals surface area contributed by atoms with Gasteiger partial charge in [0.05, 0.1) is 13.7 Å². The van der Waals surface area contributed by atoms with E-state index in [1.54, 1.807) is 30.2 Å². The first-order chi connectivity index (χ1) is 16.3. The number of nitrogens with one attached hydrogen (secondary N) is 1. The summed E-state index contributed by atoms with van der Waals surface area (Å²) >= 11 is 12.4. The number of benzene rings is 2. The molecular weight excluding hydrogens is 475 g/mol. The van der Waals surface area contributed by atoms with E-state index in [0.717, 1.165) is 17.7 Å². The standard InChI is InChI=1S/C26H34Cl2N2O4/c1-5-18(3)29-26(32)24(6-2)30(17-19-9-10-20(27)16-23(19)28)25(31)8-7-15-34-22-13-11-21(33-4)12-14-22/h9-14,16,18,24H,5-8,15,17H2,1-4H3,(H,29,32)/t18-,24+/m1/s1. The number of carbonyl (C=O) groups excluding carboxylic acids is 2. The van der Waals surface area contributed by atoms with E-state index in [-0.39, 0.29) is 30.8 Å². The average molecular weight is 509 g/mol. The molecule has 186 valence electrons. The zero-order valence-electron chi connectivity index (χ0n) is 20.3. The number of halogens is 2. The average Bonchev–Trinajstić information content (AvgIpc) is 2.83. The minimum Gasteiger partial charge on any atom is -0.497 e. The molecule has 0 aliphatic rings. The normalized spacial score (nSPS) is 12.5. The van der Waals surface area contributed by atoms with Crippen molar-refractivity contribution in [2.75, 3.05) is 13.7 Å². The van der Waals surface area contributed by atoms with Crippen LogP contribution in [0.5, 0.6) is 11.5 Å². The summed E-state index contributed by atoms with van der Waals surface area (Å²) in [7, 11) is 1.61. The zero-order valence-corrected chi connectivity index (χ0v) is 21.8. The number of ether oxygens (including phenoxy) is 2. The van der Waals surface area contributed by atoms with Crippen molar-refractivity contribution in [3.63, 3.8) is 0 Å². The number of carbonyl (C=O) groups is 2. The number of nitrogens with zero attached hydrogens (tertiary/aromatic N) is 1. The lowest BCUT2D eigenvalue weighted by Gasteiger charge is -2.32. The molecule has 2 aromatic carbocycles. The van der Waals surface area contributed by atoms with E-state index < -0.39 is 6.04 Å². The highest BCUT2D eigenvalue weighted by molar-refractivity contribution is 6.35. The van der Waals surface area contributed by atoms with E-state index in [1.165, 1.54) is 0 Å². The van der Waals surface area contributed by atoms with Gasteiger partial charge in [0.15, 0.2) is 0 Å². The summed E-state index contributed by atoms with van der Waals surface area (Å²) in [4.78, 5) is 27.9. The Hall–Kier alpha value is -2.44. The highest BCUT2D eigenvalue weighted by atomic mass is 35.5. The van der Waals surface area contributed by atoms with Crippen LogP contribution in [0.25, 0.3) is 0 Å². The van der Waals surface area contributed by atoms with Gasteiger partial charge in [0.25, 0.3) is 0 Å². The van der Waals surface area contributed by atoms with E-state index in [2.05, 4.69) is 5.32 Å². The molecule has 0 saturated carbocycles. The van der Waals surface area contributed by atoms with Crippen LogP contribution in [0.3, 0.4) is 0 Å². The lowest BCUT2D eigenvalue weighted by Crippen LogP contribution is -2.50. The van der Waals surface area contributed by atoms with E-state index in [0.29, 0.717) is 35.2 Å². The molecule has 0 unspecified atom stereocenters. The Morgan fingerprint density at radius 2 is 1.71 bits per heavy atom. The predicted octanol–water partition coefficient (Wildman–Crippen LogP) is 5.88. The highest BCUT2D eigenvalue weighted by Gasteiger charge is 2.29. The Bertz CT molecular complexity index is 937. The van der Waals surface area contributed by atoms with E-state index in [1.807, 2.05) is 45.0 Å². The second-order valence-corrected chi connectivity index (χ2v) is 8.97. The predicted molar refractivity (Wildman–Crippen MR) is 137 cm³/mol. The van der Waals surface area contributed by atoms with Gasteiger partial charge in [-0.2, -0.15) is 0 Å². The van der Waals surface area contributed by atoms with Gasteiger partial charge in [-0.15, -0.1) is 0 Å². The van der Waals surface area contributed by atoms with Gasteiger partial charge < -0.3 is 19.7 Å². The van der Waals surface area contributed by atoms with Crippen LogP contribution in [0.2, 0.25) is 10.0 Å². The molecule has 0 bridgehead atoms. The van der Waals surface area contributed by atoms with Crippen LogP contribution in [-0.4, -0.2) is 42.5 Å². The SMILES string of the molecule is CC[C@@H](C)NC(=O)[C@H](CC)N(Cc1ccc(Cl)cc1Cl)C(=O)CCCOc1ccc(OC)cc1. The summed E-state index contributed by atoms with van der Waals surface area (Å²) in [5.41, 5.74) is 0.740. The first kappa shape index (κ1) is 27.8. The maximum absolute atomic E-state index is 13.3. The molecular formula is C26H34Cl2N2O4. The minimum absolute atomic E-state index is 0.0236. The van der Waals surface area contributed by atoms with Gasteiger partial charge >= 0.3 is 0 Å². The summed E-state index contributed by atoms with van der Waals surface area (Å²) in [6, 6.07) is 11.9. The molecule has 0 fully saturated rings. The van der Waals surface area contributed by atoms with Crippen molar-refractivity contribution >= 4 is 35.0 Å². The van der Waals surface area contributed by atoms with Crippen molar-refractivity contribution in [1.29, 1.82) is 0 Å². The van der Waals surface area contributed by atoms with Gasteiger partial charge in [-0.05, 0) is 68.1 Å². The molecule has 0 aromatic heterocycles. The van der Waals surface area contributed by atoms with Gasteiger partial charge in [-0.3, -0.25) is 9.59 Å². The fourth-order valence-electron chi connectivity index (χ4n) is 3.42. The summed E-state index contributed by atoms with van der Waals surface area (Å²) in [6.07, 6.45) is 2.05. The van der Waals surface area contributed by atoms with Crippen LogP contribution >= 0.6 is 23.2 Å². The second-order valence-electron chi connectivity index (χ2n) is 8.13. The van der Waals surface area contributed by atoms with Crippen molar-refractivity contribution in [3.05, 3.63) is 58.1 Å². The summed E-state index contributed by atoms with van der Waals surface area (Å²) in [5.74, 6) is 1.16. The summed E-state index contributed by atoms with van der Waals surface area (Å²) in [6.45, 7) is 6.45. The van der Waals surface area contributed by atoms with Crippen molar-refractivity contribution in [2.45, 2.75) is 65.1 Å². The first-order valence-corrected chi connectivity index (χ1v) is 12.3. The maximum Gasteiger partial charge on any atom is 0.243 e. The van der Waals surface area contributed by atoms with Crippen molar-refractivity contribution < 1.29 is 19.1 Å². The topological polar surface area (TPSA) is 67.9 Å². The van der Waals surface area contributed by atoms with Crippen LogP contribution in [0.15, 0.2) is 42.5 Å². The number of hydrogen-bond acceptors (Lipinski definition) is 4. The fraction of sp³-hybridized carbons (Fsp3) is 0.462. The Morgan fingerprint density at radius 3 is 2.29 bits per heavy atom. The largest absolute Gasteiger partial charge is 0.497 e. The Morgan fingerprint density at radius 1 is 1.03 bits per heavy atom. The molecule has 2 atom stereocenters. The summed E-state index contributed by atoms with van der Waals surface area (Å²) < 4.78 is 10.9. The van der Waals surface area contributed by atoms with Crippen LogP contribution < -0.4 is 14.8 Å². The van der Waals surface area contributed by atoms with Gasteiger partial charge in [0.1, 0.15) is 17.5 Å². The van der Waals surface area contributed by atoms with Crippen molar-refractivity contribution in [2.24, 2.45) is 0 Å². The van der Waals surface area contributed by atoms with E-state index in [4.69, 9.17) is 32.7 Å². The molecule has 2 rings (SSSR count). The van der Waals surface area contributed by atoms with Gasteiger partial charge in [-0.1, -0.05) is 43.1 Å². The lowest BCUT2D eigenvalue weighted by atomic mass is 10.1. The molecule has 8 heteroatoms. The molecule has 0 aliphatic carbocycles. The van der Waals surface area contributed by atoms with Gasteiger partial charge in [-0.25, -0.2) is 0 Å². The maximum atomic E-state index is 13.3. The molecule has 6 nitrogen and oxygen atoms in total. The van der Waals surface area contributed by atoms with Crippen molar-refractivity contribution in [1.82, 2.24) is 10.2 Å². The second kappa shape index (κ2) is 14.1. The van der Waals surface area contributed by atoms with E-state index in [9.17, 15) is 9.59 Å². The molecule has 0 aliphatic heterocycles. The Balaban J connectivity index is 2.09. The fourth-order valence-corrected chi connectivity index (χ4v) is 3.89. The molecule has 0 saturated heterocycles.